The summed E-state index contributed by atoms with van der Waals surface area (Å²) in [4.78, 5) is 9.98. The predicted molar refractivity (Wildman–Crippen MR) is 29.9 cm³/mol. The molecule has 2 atom stereocenters. The summed E-state index contributed by atoms with van der Waals surface area (Å²) in [5, 5.41) is 0. The summed E-state index contributed by atoms with van der Waals surface area (Å²) in [6.07, 6.45) is 0. The first kappa shape index (κ1) is 6.16. The Morgan fingerprint density at radius 3 is 2.17 bits per heavy atom. The highest BCUT2D eigenvalue weighted by Crippen LogP contribution is 2.01. The monoisotopic (exact) mass is 100 g/mol. The minimum absolute atomic E-state index is 0.0463. The van der Waals surface area contributed by atoms with Crippen molar-refractivity contribution in [3.63, 3.8) is 0 Å². The summed E-state index contributed by atoms with van der Waals surface area (Å²) in [6, 6.07) is 0. The predicted octanol–water partition coefficient (Wildman–Crippen LogP) is 0.365. The molecule has 6 heavy (non-hydrogen) atoms. The molecule has 32 valence electrons. The van der Waals surface area contributed by atoms with Crippen LogP contribution < -0.4 is 0 Å². The lowest BCUT2D eigenvalue weighted by atomic mass is 9.91. The van der Waals surface area contributed by atoms with E-state index in [0.717, 1.165) is 0 Å². The van der Waals surface area contributed by atoms with E-state index in [1.54, 1.807) is 6.92 Å². The highest BCUT2D eigenvalue weighted by molar-refractivity contribution is 7.40. The lowest BCUT2D eigenvalue weighted by molar-refractivity contribution is -0.110. The molecule has 0 aliphatic rings. The molecule has 0 bridgehead atoms. The fourth-order valence-corrected chi connectivity index (χ4v) is 0. The van der Waals surface area contributed by atoms with E-state index >= 15 is 0 Å². The Balaban J connectivity index is 3.26. The van der Waals surface area contributed by atoms with Crippen LogP contribution in [-0.4, -0.2) is 13.4 Å². The molecule has 0 amide bonds. The van der Waals surface area contributed by atoms with Gasteiger partial charge in [-0.1, -0.05) is 16.2 Å². The van der Waals surface area contributed by atoms with E-state index in [-0.39, 0.29) is 11.3 Å². The summed E-state index contributed by atoms with van der Waals surface area (Å²) in [5.74, 6) is -0.324. The first-order valence-corrected chi connectivity index (χ1v) is 2.27. The van der Waals surface area contributed by atoms with Crippen molar-refractivity contribution in [1.82, 2.24) is 0 Å². The third-order valence-corrected chi connectivity index (χ3v) is 0.975. The normalized spacial score (nSPS) is 13.7. The van der Waals surface area contributed by atoms with Gasteiger partial charge in [0, 0.05) is 0 Å². The Bertz CT molecular complexity index is 61.8. The van der Waals surface area contributed by atoms with Crippen LogP contribution in [0, 0.1) is 0 Å². The van der Waals surface area contributed by atoms with Crippen molar-refractivity contribution >= 4 is 22.6 Å². The fraction of sp³-hybridized carbons (Fsp3) is 0.667. The average molecular weight is 99.9 g/mol. The van der Waals surface area contributed by atoms with Crippen LogP contribution in [0.15, 0.2) is 0 Å². The molecule has 2 radical (unpaired) electrons. The van der Waals surface area contributed by atoms with Gasteiger partial charge in [-0.3, -0.25) is 4.79 Å². The van der Waals surface area contributed by atoms with Gasteiger partial charge in [0.25, 0.3) is 0 Å². The van der Waals surface area contributed by atoms with E-state index in [1.165, 1.54) is 0 Å². The van der Waals surface area contributed by atoms with Gasteiger partial charge in [-0.15, -0.1) is 0 Å². The summed E-state index contributed by atoms with van der Waals surface area (Å²) in [5.41, 5.74) is -0.0463. The summed E-state index contributed by atoms with van der Waals surface area (Å²) < 4.78 is 0. The Morgan fingerprint density at radius 1 is 2.00 bits per heavy atom. The number of rotatable bonds is 1. The average Bonchev–Trinajstić information content (AvgIpc) is 1.36. The fourth-order valence-electron chi connectivity index (χ4n) is 0. The van der Waals surface area contributed by atoms with Gasteiger partial charge in [-0.05, 0) is 5.82 Å². The molecule has 1 unspecified atom stereocenters. The van der Waals surface area contributed by atoms with Crippen molar-refractivity contribution < 1.29 is 4.79 Å². The molecule has 3 heteroatoms. The Labute approximate surface area is 41.1 Å². The van der Waals surface area contributed by atoms with Gasteiger partial charge in [0.2, 0.25) is 0 Å². The van der Waals surface area contributed by atoms with E-state index in [2.05, 4.69) is 0 Å². The van der Waals surface area contributed by atoms with Crippen molar-refractivity contribution in [2.24, 2.45) is 0 Å². The molecule has 0 aromatic heterocycles. The van der Waals surface area contributed by atoms with E-state index in [1.807, 2.05) is 9.24 Å². The van der Waals surface area contributed by atoms with Crippen molar-refractivity contribution in [1.29, 1.82) is 0 Å². The molecule has 0 aromatic rings. The van der Waals surface area contributed by atoms with Gasteiger partial charge in [0.05, 0.1) is 7.85 Å². The first-order chi connectivity index (χ1) is 2.64. The minimum Gasteiger partial charge on any atom is -0.296 e. The van der Waals surface area contributed by atoms with E-state index in [0.29, 0.717) is 0 Å². The van der Waals surface area contributed by atoms with E-state index in [9.17, 15) is 4.79 Å². The zero-order chi connectivity index (χ0) is 5.15. The molecule has 0 aromatic carbocycles. The molecular weight excluding hydrogens is 93.8 g/mol. The third-order valence-electron chi connectivity index (χ3n) is 0.449. The van der Waals surface area contributed by atoms with Gasteiger partial charge in [0.1, 0.15) is 5.52 Å². The van der Waals surface area contributed by atoms with Crippen molar-refractivity contribution in [2.75, 3.05) is 0 Å². The lowest BCUT2D eigenvalue weighted by Gasteiger charge is -1.90. The van der Waals surface area contributed by atoms with Crippen LogP contribution in [0.5, 0.6) is 0 Å². The SMILES string of the molecule is [B][C@H](C)C(=O)P. The van der Waals surface area contributed by atoms with Crippen molar-refractivity contribution in [3.8, 4) is 0 Å². The first-order valence-electron chi connectivity index (χ1n) is 1.69. The number of hydrogen-bond acceptors (Lipinski definition) is 1. The molecule has 0 saturated carbocycles. The largest absolute Gasteiger partial charge is 0.296 e. The molecular formula is C3H6BOP. The van der Waals surface area contributed by atoms with Crippen LogP contribution in [0.1, 0.15) is 6.92 Å². The van der Waals surface area contributed by atoms with Crippen LogP contribution in [0.4, 0.5) is 0 Å². The van der Waals surface area contributed by atoms with Crippen molar-refractivity contribution in [3.05, 3.63) is 0 Å². The summed E-state index contributed by atoms with van der Waals surface area (Å²) in [7, 11) is 7.07. The molecule has 0 aliphatic heterocycles. The maximum absolute atomic E-state index is 9.98. The molecule has 0 fully saturated rings. The van der Waals surface area contributed by atoms with Crippen LogP contribution in [0.2, 0.25) is 5.82 Å². The van der Waals surface area contributed by atoms with Crippen LogP contribution >= 0.6 is 9.24 Å². The summed E-state index contributed by atoms with van der Waals surface area (Å²) in [6.45, 7) is 1.65. The maximum atomic E-state index is 9.98. The van der Waals surface area contributed by atoms with Crippen LogP contribution in [-0.2, 0) is 4.79 Å². The van der Waals surface area contributed by atoms with Crippen LogP contribution in [0.25, 0.3) is 0 Å². The molecule has 0 rings (SSSR count). The Kier molecular flexibility index (Phi) is 2.42. The minimum atomic E-state index is -0.324. The Morgan fingerprint density at radius 2 is 2.17 bits per heavy atom. The highest BCUT2D eigenvalue weighted by Gasteiger charge is 1.94. The standard InChI is InChI=1S/C3H6BOP/c1-2(4)3(5)6/h2H,6H2,1H3/t2-/m1/s1. The number of carbonyl (C=O) groups is 1. The second-order valence-corrected chi connectivity index (χ2v) is 1.76. The topological polar surface area (TPSA) is 17.1 Å². The third kappa shape index (κ3) is 2.41. The maximum Gasteiger partial charge on any atom is 0.142 e. The lowest BCUT2D eigenvalue weighted by Crippen LogP contribution is -1.92. The number of hydrogen-bond donors (Lipinski definition) is 0. The molecule has 0 N–H and O–H groups in total. The molecule has 1 nitrogen and oxygen atoms in total. The zero-order valence-corrected chi connectivity index (χ0v) is 4.79. The molecule has 0 saturated heterocycles. The second-order valence-electron chi connectivity index (χ2n) is 1.19. The van der Waals surface area contributed by atoms with Crippen molar-refractivity contribution in [2.45, 2.75) is 12.7 Å². The van der Waals surface area contributed by atoms with Gasteiger partial charge >= 0.3 is 0 Å². The highest BCUT2D eigenvalue weighted by atomic mass is 31.0. The molecule has 0 aliphatic carbocycles. The van der Waals surface area contributed by atoms with Gasteiger partial charge in [-0.25, -0.2) is 0 Å². The van der Waals surface area contributed by atoms with Crippen LogP contribution in [0.3, 0.4) is 0 Å². The van der Waals surface area contributed by atoms with E-state index < -0.39 is 0 Å². The quantitative estimate of drug-likeness (QED) is 0.343. The number of carbonyl (C=O) groups excluding carboxylic acids is 1. The Hall–Kier alpha value is 0.165. The van der Waals surface area contributed by atoms with Gasteiger partial charge < -0.3 is 0 Å². The van der Waals surface area contributed by atoms with E-state index in [4.69, 9.17) is 7.85 Å². The molecule has 0 heterocycles. The molecule has 0 spiro atoms. The second kappa shape index (κ2) is 2.36. The summed E-state index contributed by atoms with van der Waals surface area (Å²) >= 11 is 0. The van der Waals surface area contributed by atoms with Gasteiger partial charge in [-0.2, -0.15) is 0 Å². The smallest absolute Gasteiger partial charge is 0.142 e. The van der Waals surface area contributed by atoms with Gasteiger partial charge in [0.15, 0.2) is 0 Å². The zero-order valence-electron chi connectivity index (χ0n) is 3.64.